The molecule has 0 unspecified atom stereocenters. The van der Waals surface area contributed by atoms with E-state index in [1.165, 1.54) is 23.5 Å². The summed E-state index contributed by atoms with van der Waals surface area (Å²) in [5, 5.41) is 1.64. The number of hydrogen-bond donors (Lipinski definition) is 0. The van der Waals surface area contributed by atoms with Gasteiger partial charge in [0.2, 0.25) is 5.79 Å². The second-order valence-corrected chi connectivity index (χ2v) is 15.3. The Labute approximate surface area is 209 Å². The van der Waals surface area contributed by atoms with E-state index in [0.29, 0.717) is 21.3 Å². The molecule has 4 rings (SSSR count). The van der Waals surface area contributed by atoms with Crippen LogP contribution < -0.4 is 10.4 Å². The van der Waals surface area contributed by atoms with Crippen LogP contribution in [0.2, 0.25) is 5.04 Å². The molecule has 0 amide bonds. The lowest BCUT2D eigenvalue weighted by molar-refractivity contribution is -0.255. The largest absolute Gasteiger partial charge is 0.401 e. The van der Waals surface area contributed by atoms with E-state index in [1.54, 1.807) is 0 Å². The first-order valence-electron chi connectivity index (χ1n) is 13.5. The van der Waals surface area contributed by atoms with Gasteiger partial charge >= 0.3 is 0 Å². The molecule has 2 aliphatic heterocycles. The molecule has 7 heteroatoms. The van der Waals surface area contributed by atoms with E-state index in [-0.39, 0.29) is 11.6 Å². The Morgan fingerprint density at radius 1 is 1.00 bits per heavy atom. The van der Waals surface area contributed by atoms with Crippen molar-refractivity contribution in [1.82, 2.24) is 0 Å². The average molecular weight is 495 g/mol. The van der Waals surface area contributed by atoms with Crippen LogP contribution in [0.15, 0.2) is 70.5 Å². The molecule has 4 nitrogen and oxygen atoms in total. The van der Waals surface area contributed by atoms with Crippen molar-refractivity contribution in [3.8, 4) is 0 Å². The summed E-state index contributed by atoms with van der Waals surface area (Å²) in [7, 11) is -8.69. The Morgan fingerprint density at radius 3 is 2.19 bits per heavy atom. The summed E-state index contributed by atoms with van der Waals surface area (Å²) in [6, 6.07) is 19.9. The number of rotatable bonds is 7. The maximum Gasteiger partial charge on any atom is 0.261 e. The Bertz CT molecular complexity index is 1100. The summed E-state index contributed by atoms with van der Waals surface area (Å²) in [6.07, 6.45) is -1.29. The highest BCUT2D eigenvalue weighted by Crippen LogP contribution is 2.51. The van der Waals surface area contributed by atoms with Gasteiger partial charge in [0, 0.05) is 25.6 Å². The van der Waals surface area contributed by atoms with Crippen molar-refractivity contribution in [3.05, 3.63) is 70.5 Å². The van der Waals surface area contributed by atoms with Gasteiger partial charge in [-0.3, -0.25) is 0 Å². The predicted octanol–water partition coefficient (Wildman–Crippen LogP) is 4.60. The molecule has 0 saturated heterocycles. The lowest BCUT2D eigenvalue weighted by atomic mass is 10.2. The fourth-order valence-corrected chi connectivity index (χ4v) is 11.6. The maximum absolute atomic E-state index is 7.96. The highest BCUT2D eigenvalue weighted by atomic mass is 32.2. The quantitative estimate of drug-likeness (QED) is 0.524. The van der Waals surface area contributed by atoms with Crippen molar-refractivity contribution < 1.29 is 26.9 Å². The molecule has 0 saturated carbocycles. The van der Waals surface area contributed by atoms with Crippen molar-refractivity contribution in [1.29, 1.82) is 0 Å². The van der Waals surface area contributed by atoms with Gasteiger partial charge in [-0.05, 0) is 15.4 Å². The van der Waals surface area contributed by atoms with Crippen LogP contribution in [-0.2, 0) is 18.6 Å². The summed E-state index contributed by atoms with van der Waals surface area (Å²) in [5.74, 6) is -0.479. The first-order valence-corrected chi connectivity index (χ1v) is 14.4. The van der Waals surface area contributed by atoms with Crippen molar-refractivity contribution in [2.45, 2.75) is 37.9 Å². The van der Waals surface area contributed by atoms with Gasteiger partial charge in [-0.25, -0.2) is 0 Å². The predicted molar refractivity (Wildman–Crippen MR) is 137 cm³/mol. The average Bonchev–Trinajstić information content (AvgIpc) is 3.10. The molecule has 0 aromatic heterocycles. The molecule has 2 aliphatic rings. The van der Waals surface area contributed by atoms with Gasteiger partial charge in [0.25, 0.3) is 8.32 Å². The number of methoxy groups -OCH3 is 2. The van der Waals surface area contributed by atoms with Crippen LogP contribution >= 0.6 is 23.5 Å². The van der Waals surface area contributed by atoms with Gasteiger partial charge in [0.1, 0.15) is 0 Å². The number of benzene rings is 2. The van der Waals surface area contributed by atoms with Crippen LogP contribution in [0.1, 0.15) is 29.0 Å². The van der Waals surface area contributed by atoms with Gasteiger partial charge in [-0.15, -0.1) is 23.5 Å². The third-order valence-corrected chi connectivity index (χ3v) is 13.5. The van der Waals surface area contributed by atoms with Crippen LogP contribution in [0.3, 0.4) is 0 Å². The van der Waals surface area contributed by atoms with Crippen LogP contribution in [0.5, 0.6) is 0 Å². The molecule has 0 N–H and O–H groups in total. The van der Waals surface area contributed by atoms with E-state index >= 15 is 0 Å². The number of thioether (sulfide) groups is 2. The van der Waals surface area contributed by atoms with Crippen LogP contribution in [0.4, 0.5) is 0 Å². The summed E-state index contributed by atoms with van der Waals surface area (Å²) in [6.45, 7) is 6.08. The molecule has 2 aromatic carbocycles. The lowest BCUT2D eigenvalue weighted by Gasteiger charge is -2.45. The van der Waals surface area contributed by atoms with Crippen LogP contribution in [0, 0.1) is 0 Å². The Kier molecular flexibility index (Phi) is 5.25. The number of hydrogen-bond acceptors (Lipinski definition) is 6. The first kappa shape index (κ1) is 17.4. The van der Waals surface area contributed by atoms with E-state index in [2.05, 4.69) is 20.8 Å². The van der Waals surface area contributed by atoms with Gasteiger partial charge in [0.15, 0.2) is 6.29 Å². The van der Waals surface area contributed by atoms with Gasteiger partial charge < -0.3 is 18.6 Å². The molecular weight excluding hydrogens is 456 g/mol. The summed E-state index contributed by atoms with van der Waals surface area (Å²) < 4.78 is 70.9. The molecule has 0 aliphatic carbocycles. The minimum atomic E-state index is -3.10. The minimum absolute atomic E-state index is 0.258. The molecule has 2 aromatic rings. The van der Waals surface area contributed by atoms with Gasteiger partial charge in [0.05, 0.1) is 24.6 Å². The van der Waals surface area contributed by atoms with E-state index < -0.39 is 34.5 Å². The van der Waals surface area contributed by atoms with E-state index in [4.69, 9.17) is 26.9 Å². The molecule has 0 fully saturated rings. The first-order chi connectivity index (χ1) is 17.7. The zero-order valence-electron chi connectivity index (χ0n) is 24.4. The Hall–Kier alpha value is -1.06. The lowest BCUT2D eigenvalue weighted by Crippen LogP contribution is -2.67. The van der Waals surface area contributed by atoms with Crippen LogP contribution in [0.25, 0.3) is 0 Å². The smallest absolute Gasteiger partial charge is 0.261 e. The zero-order valence-corrected chi connectivity index (χ0v) is 21.1. The second-order valence-electron chi connectivity index (χ2n) is 8.76. The third-order valence-electron chi connectivity index (χ3n) is 5.84. The molecule has 32 heavy (non-hydrogen) atoms. The van der Waals surface area contributed by atoms with E-state index in [1.807, 2.05) is 60.7 Å². The van der Waals surface area contributed by atoms with E-state index in [0.717, 1.165) is 10.4 Å². The fourth-order valence-electron chi connectivity index (χ4n) is 4.43. The highest BCUT2D eigenvalue weighted by Gasteiger charge is 2.55. The highest BCUT2D eigenvalue weighted by molar-refractivity contribution is 8.10. The standard InChI is InChI=1S/C25H32O4S2Si/c1-24(2,3)32(19-12-8-6-9-13-19,20-14-10-7-11-15-20)28-18-25(27-5)22-21(23(26-4)29-25)30-16-17-31-22/h6-15,23H,16-18H2,1-5H3/t23-,25+/m0/s1/i4D3,5D3. The number of ether oxygens (including phenoxy) is 3. The molecule has 172 valence electrons. The van der Waals surface area contributed by atoms with Gasteiger partial charge in [-0.2, -0.15) is 0 Å². The van der Waals surface area contributed by atoms with Crippen molar-refractivity contribution in [3.63, 3.8) is 0 Å². The molecule has 0 bridgehead atoms. The van der Waals surface area contributed by atoms with Crippen molar-refractivity contribution in [2.24, 2.45) is 0 Å². The minimum Gasteiger partial charge on any atom is -0.401 e. The summed E-state index contributed by atoms with van der Waals surface area (Å²) >= 11 is 2.78. The van der Waals surface area contributed by atoms with E-state index in [9.17, 15) is 0 Å². The molecule has 0 radical (unpaired) electrons. The maximum atomic E-state index is 7.96. The SMILES string of the molecule is [2H]C([2H])([2H])O[C@H]1O[C@@](CO[Si](c2ccccc2)(c2ccccc2)C(C)(C)C)(OC([2H])([2H])[2H])C2=C1SCCS2. The molecule has 2 atom stereocenters. The summed E-state index contributed by atoms with van der Waals surface area (Å²) in [4.78, 5) is 1.02. The Balaban J connectivity index is 1.84. The normalized spacial score (nSPS) is 27.5. The fraction of sp³-hybridized carbons (Fsp3) is 0.440. The third kappa shape index (κ3) is 4.13. The monoisotopic (exact) mass is 494 g/mol. The van der Waals surface area contributed by atoms with Crippen molar-refractivity contribution >= 4 is 42.2 Å². The molecule has 2 heterocycles. The second kappa shape index (κ2) is 9.66. The topological polar surface area (TPSA) is 36.9 Å². The Morgan fingerprint density at radius 2 is 1.62 bits per heavy atom. The zero-order chi connectivity index (χ0) is 27.8. The molecule has 0 spiro atoms. The van der Waals surface area contributed by atoms with Crippen molar-refractivity contribution in [2.75, 3.05) is 32.2 Å². The van der Waals surface area contributed by atoms with Gasteiger partial charge in [-0.1, -0.05) is 81.4 Å². The summed E-state index contributed by atoms with van der Waals surface area (Å²) in [5.41, 5.74) is 0. The van der Waals surface area contributed by atoms with Crippen LogP contribution in [-0.4, -0.2) is 52.6 Å². The molecular formula is C25H32O4S2Si.